The third-order valence-electron chi connectivity index (χ3n) is 3.46. The maximum Gasteiger partial charge on any atom is 0.290 e. The molecule has 2 amide bonds. The average Bonchev–Trinajstić information content (AvgIpc) is 3.03. The summed E-state index contributed by atoms with van der Waals surface area (Å²) in [6.45, 7) is 1.59. The van der Waals surface area contributed by atoms with E-state index in [1.165, 1.54) is 0 Å². The number of ether oxygens (including phenoxy) is 1. The molecule has 0 aliphatic heterocycles. The van der Waals surface area contributed by atoms with Gasteiger partial charge >= 0.3 is 0 Å². The molecule has 8 heteroatoms. The molecule has 0 saturated carbocycles. The number of carbonyl (C=O) groups is 2. The molecule has 0 radical (unpaired) electrons. The lowest BCUT2D eigenvalue weighted by molar-refractivity contribution is -0.128. The van der Waals surface area contributed by atoms with Crippen LogP contribution in [-0.2, 0) is 4.79 Å². The third-order valence-corrected chi connectivity index (χ3v) is 3.96. The number of fused-ring (bicyclic) bond motifs is 1. The van der Waals surface area contributed by atoms with Crippen LogP contribution in [-0.4, -0.2) is 28.1 Å². The second-order valence-corrected chi connectivity index (χ2v) is 6.19. The largest absolute Gasteiger partial charge is 0.481 e. The maximum atomic E-state index is 12.2. The Balaban J connectivity index is 1.59. The first-order chi connectivity index (χ1) is 12.0. The number of carbonyl (C=O) groups excluding carboxylic acids is 2. The molecule has 2 aromatic carbocycles. The van der Waals surface area contributed by atoms with E-state index in [1.54, 1.807) is 37.3 Å². The van der Waals surface area contributed by atoms with E-state index in [0.29, 0.717) is 11.1 Å². The molecular weight excluding hydrogens is 388 g/mol. The smallest absolute Gasteiger partial charge is 0.290 e. The Labute approximate surface area is 151 Å². The molecule has 0 spiro atoms. The summed E-state index contributed by atoms with van der Waals surface area (Å²) in [7, 11) is 0. The van der Waals surface area contributed by atoms with Gasteiger partial charge in [0.25, 0.3) is 11.8 Å². The van der Waals surface area contributed by atoms with E-state index in [-0.39, 0.29) is 5.69 Å². The van der Waals surface area contributed by atoms with Crippen molar-refractivity contribution in [2.75, 3.05) is 0 Å². The zero-order valence-electron chi connectivity index (χ0n) is 13.2. The van der Waals surface area contributed by atoms with Crippen molar-refractivity contribution in [3.05, 3.63) is 58.7 Å². The quantitative estimate of drug-likeness (QED) is 0.584. The first kappa shape index (κ1) is 17.0. The van der Waals surface area contributed by atoms with E-state index in [0.717, 1.165) is 9.99 Å². The molecule has 3 aromatic rings. The molecule has 0 aliphatic rings. The Morgan fingerprint density at radius 3 is 2.76 bits per heavy atom. The van der Waals surface area contributed by atoms with Gasteiger partial charge < -0.3 is 4.74 Å². The number of rotatable bonds is 4. The molecule has 3 N–H and O–H groups in total. The van der Waals surface area contributed by atoms with Crippen molar-refractivity contribution < 1.29 is 14.3 Å². The van der Waals surface area contributed by atoms with Gasteiger partial charge in [0.1, 0.15) is 5.75 Å². The first-order valence-electron chi connectivity index (χ1n) is 7.50. The van der Waals surface area contributed by atoms with Crippen LogP contribution in [0, 0.1) is 0 Å². The summed E-state index contributed by atoms with van der Waals surface area (Å²) in [5, 5.41) is 7.41. The number of benzene rings is 2. The highest BCUT2D eigenvalue weighted by molar-refractivity contribution is 9.10. The summed E-state index contributed by atoms with van der Waals surface area (Å²) in [6.07, 6.45) is -0.787. The minimum atomic E-state index is -0.787. The van der Waals surface area contributed by atoms with Crippen LogP contribution in [0.1, 0.15) is 17.4 Å². The van der Waals surface area contributed by atoms with Gasteiger partial charge in [0.15, 0.2) is 11.8 Å². The summed E-state index contributed by atoms with van der Waals surface area (Å²) < 4.78 is 6.38. The molecule has 1 aromatic heterocycles. The minimum Gasteiger partial charge on any atom is -0.481 e. The van der Waals surface area contributed by atoms with Gasteiger partial charge in [0, 0.05) is 9.86 Å². The Bertz CT molecular complexity index is 925. The number of amides is 2. The fraction of sp³-hybridized carbons (Fsp3) is 0.118. The lowest BCUT2D eigenvalue weighted by Gasteiger charge is -2.15. The number of nitrogens with zero attached hydrogens (tertiary/aromatic N) is 1. The third kappa shape index (κ3) is 3.97. The monoisotopic (exact) mass is 402 g/mol. The number of nitrogens with one attached hydrogen (secondary N) is 3. The van der Waals surface area contributed by atoms with Crippen LogP contribution < -0.4 is 15.6 Å². The van der Waals surface area contributed by atoms with Crippen molar-refractivity contribution in [3.63, 3.8) is 0 Å². The van der Waals surface area contributed by atoms with Crippen molar-refractivity contribution >= 4 is 38.6 Å². The van der Waals surface area contributed by atoms with E-state index >= 15 is 0 Å². The zero-order valence-corrected chi connectivity index (χ0v) is 14.8. The fourth-order valence-electron chi connectivity index (χ4n) is 2.21. The normalized spacial score (nSPS) is 11.8. The van der Waals surface area contributed by atoms with Gasteiger partial charge in [-0.1, -0.05) is 40.2 Å². The number of H-pyrrole nitrogens is 1. The summed E-state index contributed by atoms with van der Waals surface area (Å²) in [5.41, 5.74) is 5.63. The van der Waals surface area contributed by atoms with Crippen LogP contribution in [0.3, 0.4) is 0 Å². The standard InChI is InChI=1S/C17H15BrN4O3/c1-10(25-12-6-4-5-11(18)9-12)16(23)21-22-17(24)15-13-7-2-3-8-14(13)19-20-15/h2-10H,1H3,(H,19,20)(H,21,23)(H,22,24)/t10-/m0/s1. The molecule has 0 aliphatic carbocycles. The highest BCUT2D eigenvalue weighted by Crippen LogP contribution is 2.19. The molecular formula is C17H15BrN4O3. The summed E-state index contributed by atoms with van der Waals surface area (Å²) in [6, 6.07) is 14.4. The molecule has 0 bridgehead atoms. The number of para-hydroxylation sites is 1. The number of hydrogen-bond donors (Lipinski definition) is 3. The number of aromatic nitrogens is 2. The van der Waals surface area contributed by atoms with Gasteiger partial charge in [-0.15, -0.1) is 0 Å². The van der Waals surface area contributed by atoms with Crippen LogP contribution in [0.5, 0.6) is 5.75 Å². The summed E-state index contributed by atoms with van der Waals surface area (Å²) >= 11 is 3.33. The van der Waals surface area contributed by atoms with Gasteiger partial charge in [-0.3, -0.25) is 25.5 Å². The van der Waals surface area contributed by atoms with Gasteiger partial charge in [-0.25, -0.2) is 0 Å². The molecule has 0 unspecified atom stereocenters. The Morgan fingerprint density at radius 2 is 1.96 bits per heavy atom. The van der Waals surface area contributed by atoms with Crippen molar-refractivity contribution in [3.8, 4) is 5.75 Å². The van der Waals surface area contributed by atoms with E-state index in [1.807, 2.05) is 18.2 Å². The van der Waals surface area contributed by atoms with Gasteiger partial charge in [-0.2, -0.15) is 5.10 Å². The van der Waals surface area contributed by atoms with Crippen molar-refractivity contribution in [1.82, 2.24) is 21.0 Å². The number of aromatic amines is 1. The van der Waals surface area contributed by atoms with Crippen LogP contribution in [0.25, 0.3) is 10.9 Å². The Kier molecular flexibility index (Phi) is 4.99. The van der Waals surface area contributed by atoms with Crippen LogP contribution in [0.2, 0.25) is 0 Å². The van der Waals surface area contributed by atoms with Crippen molar-refractivity contribution in [2.45, 2.75) is 13.0 Å². The Morgan fingerprint density at radius 1 is 1.16 bits per heavy atom. The molecule has 1 atom stereocenters. The summed E-state index contributed by atoms with van der Waals surface area (Å²) in [4.78, 5) is 24.3. The van der Waals surface area contributed by atoms with Gasteiger partial charge in [0.05, 0.1) is 5.52 Å². The topological polar surface area (TPSA) is 96.1 Å². The van der Waals surface area contributed by atoms with E-state index < -0.39 is 17.9 Å². The number of hydrogen-bond acceptors (Lipinski definition) is 4. The predicted molar refractivity (Wildman–Crippen MR) is 95.9 cm³/mol. The molecule has 7 nitrogen and oxygen atoms in total. The first-order valence-corrected chi connectivity index (χ1v) is 8.29. The molecule has 0 fully saturated rings. The van der Waals surface area contributed by atoms with E-state index in [2.05, 4.69) is 37.0 Å². The highest BCUT2D eigenvalue weighted by atomic mass is 79.9. The lowest BCUT2D eigenvalue weighted by atomic mass is 10.2. The van der Waals surface area contributed by atoms with Crippen molar-refractivity contribution in [2.24, 2.45) is 0 Å². The lowest BCUT2D eigenvalue weighted by Crippen LogP contribution is -2.47. The second kappa shape index (κ2) is 7.35. The molecule has 128 valence electrons. The summed E-state index contributed by atoms with van der Waals surface area (Å²) in [5.74, 6) is -0.449. The van der Waals surface area contributed by atoms with E-state index in [4.69, 9.17) is 4.74 Å². The Hall–Kier alpha value is -2.87. The van der Waals surface area contributed by atoms with Gasteiger partial charge in [-0.05, 0) is 31.2 Å². The number of halogens is 1. The highest BCUT2D eigenvalue weighted by Gasteiger charge is 2.18. The second-order valence-electron chi connectivity index (χ2n) is 5.28. The molecule has 0 saturated heterocycles. The van der Waals surface area contributed by atoms with Crippen molar-refractivity contribution in [1.29, 1.82) is 0 Å². The minimum absolute atomic E-state index is 0.205. The zero-order chi connectivity index (χ0) is 17.8. The number of hydrazine groups is 1. The predicted octanol–water partition coefficient (Wildman–Crippen LogP) is 2.55. The molecule has 1 heterocycles. The van der Waals surface area contributed by atoms with Crippen LogP contribution in [0.4, 0.5) is 0 Å². The van der Waals surface area contributed by atoms with Crippen LogP contribution >= 0.6 is 15.9 Å². The van der Waals surface area contributed by atoms with Crippen LogP contribution in [0.15, 0.2) is 53.0 Å². The average molecular weight is 403 g/mol. The molecule has 3 rings (SSSR count). The SMILES string of the molecule is C[C@H](Oc1cccc(Br)c1)C(=O)NNC(=O)c1n[nH]c2ccccc12. The molecule has 25 heavy (non-hydrogen) atoms. The fourth-order valence-corrected chi connectivity index (χ4v) is 2.59. The van der Waals surface area contributed by atoms with E-state index in [9.17, 15) is 9.59 Å². The van der Waals surface area contributed by atoms with Gasteiger partial charge in [0.2, 0.25) is 0 Å². The maximum absolute atomic E-state index is 12.2.